The molecule has 0 aromatic heterocycles. The van der Waals surface area contributed by atoms with E-state index < -0.39 is 5.97 Å². The van der Waals surface area contributed by atoms with E-state index in [4.69, 9.17) is 9.84 Å². The lowest BCUT2D eigenvalue weighted by atomic mass is 10.0. The van der Waals surface area contributed by atoms with Crippen LogP contribution >= 0.6 is 0 Å². The van der Waals surface area contributed by atoms with Gasteiger partial charge in [-0.1, -0.05) is 88.3 Å². The zero-order valence-corrected chi connectivity index (χ0v) is 17.3. The van der Waals surface area contributed by atoms with Crippen molar-refractivity contribution in [3.63, 3.8) is 0 Å². The van der Waals surface area contributed by atoms with Gasteiger partial charge in [0.05, 0.1) is 11.7 Å². The highest BCUT2D eigenvalue weighted by Crippen LogP contribution is 2.24. The van der Waals surface area contributed by atoms with Crippen molar-refractivity contribution in [1.82, 2.24) is 0 Å². The molecule has 0 radical (unpaired) electrons. The van der Waals surface area contributed by atoms with Gasteiger partial charge in [0.2, 0.25) is 0 Å². The Bertz CT molecular complexity index is 689. The Balaban J connectivity index is 1.71. The van der Waals surface area contributed by atoms with Gasteiger partial charge in [0.25, 0.3) is 0 Å². The van der Waals surface area contributed by atoms with Crippen molar-refractivity contribution >= 4 is 5.97 Å². The van der Waals surface area contributed by atoms with Gasteiger partial charge in [0, 0.05) is 6.61 Å². The molecular formula is C25H34O3. The van der Waals surface area contributed by atoms with Gasteiger partial charge in [-0.25, -0.2) is 4.79 Å². The van der Waals surface area contributed by atoms with Gasteiger partial charge in [-0.15, -0.1) is 0 Å². The van der Waals surface area contributed by atoms with Gasteiger partial charge in [0.15, 0.2) is 0 Å². The van der Waals surface area contributed by atoms with Crippen molar-refractivity contribution in [3.8, 4) is 11.1 Å². The second-order valence-corrected chi connectivity index (χ2v) is 7.49. The monoisotopic (exact) mass is 382 g/mol. The third kappa shape index (κ3) is 7.47. The molecule has 0 fully saturated rings. The quantitative estimate of drug-likeness (QED) is 0.370. The van der Waals surface area contributed by atoms with Crippen LogP contribution in [0.5, 0.6) is 0 Å². The summed E-state index contributed by atoms with van der Waals surface area (Å²) >= 11 is 0. The minimum absolute atomic E-state index is 0.0907. The first-order valence-electron chi connectivity index (χ1n) is 10.7. The summed E-state index contributed by atoms with van der Waals surface area (Å²) in [6.07, 6.45) is 10.6. The van der Waals surface area contributed by atoms with Crippen molar-refractivity contribution < 1.29 is 14.6 Å². The van der Waals surface area contributed by atoms with Gasteiger partial charge in [-0.3, -0.25) is 0 Å². The lowest BCUT2D eigenvalue weighted by Gasteiger charge is -2.14. The van der Waals surface area contributed by atoms with Crippen LogP contribution in [0.1, 0.15) is 87.2 Å². The average Bonchev–Trinajstić information content (AvgIpc) is 2.72. The van der Waals surface area contributed by atoms with E-state index in [0.717, 1.165) is 24.2 Å². The van der Waals surface area contributed by atoms with E-state index >= 15 is 0 Å². The van der Waals surface area contributed by atoms with Crippen LogP contribution in [0.15, 0.2) is 48.5 Å². The fourth-order valence-electron chi connectivity index (χ4n) is 3.34. The molecule has 0 amide bonds. The van der Waals surface area contributed by atoms with Crippen molar-refractivity contribution in [2.75, 3.05) is 6.61 Å². The topological polar surface area (TPSA) is 46.5 Å². The van der Waals surface area contributed by atoms with Gasteiger partial charge >= 0.3 is 5.97 Å². The van der Waals surface area contributed by atoms with Gasteiger partial charge in [0.1, 0.15) is 0 Å². The van der Waals surface area contributed by atoms with Crippen molar-refractivity contribution in [3.05, 3.63) is 59.7 Å². The molecule has 0 saturated carbocycles. The smallest absolute Gasteiger partial charge is 0.335 e. The molecular weight excluding hydrogens is 348 g/mol. The van der Waals surface area contributed by atoms with E-state index in [0.29, 0.717) is 5.56 Å². The van der Waals surface area contributed by atoms with Crippen LogP contribution in [-0.4, -0.2) is 17.7 Å². The minimum Gasteiger partial charge on any atom is -0.478 e. The molecule has 2 aromatic carbocycles. The number of benzene rings is 2. The number of hydrogen-bond acceptors (Lipinski definition) is 2. The zero-order chi connectivity index (χ0) is 20.2. The van der Waals surface area contributed by atoms with Gasteiger partial charge in [-0.05, 0) is 42.2 Å². The van der Waals surface area contributed by atoms with Crippen LogP contribution in [0.4, 0.5) is 0 Å². The van der Waals surface area contributed by atoms with Gasteiger partial charge in [-0.2, -0.15) is 0 Å². The van der Waals surface area contributed by atoms with Gasteiger partial charge < -0.3 is 9.84 Å². The van der Waals surface area contributed by atoms with Crippen molar-refractivity contribution in [1.29, 1.82) is 0 Å². The molecule has 0 aliphatic rings. The molecule has 3 heteroatoms. The van der Waals surface area contributed by atoms with E-state index in [-0.39, 0.29) is 6.10 Å². The fraction of sp³-hybridized carbons (Fsp3) is 0.480. The summed E-state index contributed by atoms with van der Waals surface area (Å²) in [7, 11) is 0. The first kappa shape index (κ1) is 22.2. The lowest BCUT2D eigenvalue weighted by molar-refractivity contribution is 0.0627. The second-order valence-electron chi connectivity index (χ2n) is 7.49. The SMILES string of the molecule is CCCCCCCCCCOC(C)c1ccc(-c2ccc(C(=O)O)cc2)cc1. The summed E-state index contributed by atoms with van der Waals surface area (Å²) in [4.78, 5) is 11.0. The molecule has 28 heavy (non-hydrogen) atoms. The molecule has 0 spiro atoms. The average molecular weight is 383 g/mol. The molecule has 152 valence electrons. The van der Waals surface area contributed by atoms with E-state index in [1.54, 1.807) is 12.1 Å². The molecule has 1 N–H and O–H groups in total. The molecule has 0 aliphatic carbocycles. The number of ether oxygens (including phenoxy) is 1. The van der Waals surface area contributed by atoms with E-state index in [1.165, 1.54) is 50.5 Å². The predicted molar refractivity (Wildman–Crippen MR) is 116 cm³/mol. The van der Waals surface area contributed by atoms with Crippen LogP contribution in [0.25, 0.3) is 11.1 Å². The predicted octanol–water partition coefficient (Wildman–Crippen LogP) is 7.27. The Labute approximate surface area is 169 Å². The summed E-state index contributed by atoms with van der Waals surface area (Å²) < 4.78 is 6.00. The summed E-state index contributed by atoms with van der Waals surface area (Å²) in [5, 5.41) is 8.99. The Morgan fingerprint density at radius 1 is 0.821 bits per heavy atom. The molecule has 0 saturated heterocycles. The van der Waals surface area contributed by atoms with Crippen LogP contribution < -0.4 is 0 Å². The zero-order valence-electron chi connectivity index (χ0n) is 17.3. The Morgan fingerprint density at radius 2 is 1.32 bits per heavy atom. The molecule has 1 atom stereocenters. The third-order valence-electron chi connectivity index (χ3n) is 5.21. The highest BCUT2D eigenvalue weighted by Gasteiger charge is 2.07. The molecule has 3 nitrogen and oxygen atoms in total. The number of rotatable bonds is 13. The first-order valence-corrected chi connectivity index (χ1v) is 10.7. The Hall–Kier alpha value is -2.13. The number of carbonyl (C=O) groups is 1. The summed E-state index contributed by atoms with van der Waals surface area (Å²) in [6, 6.07) is 15.3. The van der Waals surface area contributed by atoms with Crippen molar-refractivity contribution in [2.45, 2.75) is 71.3 Å². The summed E-state index contributed by atoms with van der Waals surface area (Å²) in [5.74, 6) is -0.899. The molecule has 1 unspecified atom stereocenters. The van der Waals surface area contributed by atoms with Crippen LogP contribution in [-0.2, 0) is 4.74 Å². The Morgan fingerprint density at radius 3 is 1.86 bits per heavy atom. The minimum atomic E-state index is -0.899. The van der Waals surface area contributed by atoms with Crippen LogP contribution in [0, 0.1) is 0 Å². The van der Waals surface area contributed by atoms with E-state index in [1.807, 2.05) is 12.1 Å². The molecule has 2 aromatic rings. The molecule has 0 bridgehead atoms. The highest BCUT2D eigenvalue weighted by molar-refractivity contribution is 5.88. The van der Waals surface area contributed by atoms with Crippen LogP contribution in [0.3, 0.4) is 0 Å². The fourth-order valence-corrected chi connectivity index (χ4v) is 3.34. The number of carboxylic acids is 1. The summed E-state index contributed by atoms with van der Waals surface area (Å²) in [6.45, 7) is 5.17. The van der Waals surface area contributed by atoms with E-state index in [2.05, 4.69) is 38.1 Å². The number of aromatic carboxylic acids is 1. The normalized spacial score (nSPS) is 12.1. The largest absolute Gasteiger partial charge is 0.478 e. The maximum atomic E-state index is 11.0. The molecule has 0 heterocycles. The Kier molecular flexibility index (Phi) is 9.78. The number of hydrogen-bond donors (Lipinski definition) is 1. The first-order chi connectivity index (χ1) is 13.6. The van der Waals surface area contributed by atoms with Crippen molar-refractivity contribution in [2.24, 2.45) is 0 Å². The number of unbranched alkanes of at least 4 members (excludes halogenated alkanes) is 7. The highest BCUT2D eigenvalue weighted by atomic mass is 16.5. The third-order valence-corrected chi connectivity index (χ3v) is 5.21. The van der Waals surface area contributed by atoms with Crippen LogP contribution in [0.2, 0.25) is 0 Å². The summed E-state index contributed by atoms with van der Waals surface area (Å²) in [5.41, 5.74) is 3.58. The number of carboxylic acid groups (broad SMARTS) is 1. The molecule has 2 rings (SSSR count). The second kappa shape index (κ2) is 12.4. The standard InChI is InChI=1S/C25H34O3/c1-3-4-5-6-7-8-9-10-19-28-20(2)21-11-13-22(14-12-21)23-15-17-24(18-16-23)25(26)27/h11-18,20H,3-10,19H2,1-2H3,(H,26,27). The maximum absolute atomic E-state index is 11.0. The lowest BCUT2D eigenvalue weighted by Crippen LogP contribution is -2.01. The molecule has 0 aliphatic heterocycles. The van der Waals surface area contributed by atoms with E-state index in [9.17, 15) is 4.79 Å². The maximum Gasteiger partial charge on any atom is 0.335 e.